The molecule has 2 unspecified atom stereocenters. The summed E-state index contributed by atoms with van der Waals surface area (Å²) in [6.07, 6.45) is 3.08. The van der Waals surface area contributed by atoms with E-state index in [9.17, 15) is 4.79 Å². The number of carbonyl (C=O) groups excluding carboxylic acids is 1. The van der Waals surface area contributed by atoms with Crippen molar-refractivity contribution in [2.24, 2.45) is 5.92 Å². The van der Waals surface area contributed by atoms with Crippen molar-refractivity contribution in [3.8, 4) is 0 Å². The highest BCUT2D eigenvalue weighted by molar-refractivity contribution is 9.13. The van der Waals surface area contributed by atoms with Gasteiger partial charge in [-0.3, -0.25) is 0 Å². The number of halogens is 2. The Morgan fingerprint density at radius 3 is 2.57 bits per heavy atom. The van der Waals surface area contributed by atoms with Gasteiger partial charge in [-0.1, -0.05) is 13.3 Å². The maximum atomic E-state index is 12.6. The van der Waals surface area contributed by atoms with E-state index in [1.807, 2.05) is 25.7 Å². The minimum Gasteiger partial charge on any atom is -0.444 e. The third-order valence-electron chi connectivity index (χ3n) is 6.04. The van der Waals surface area contributed by atoms with Crippen LogP contribution in [0.5, 0.6) is 0 Å². The molecule has 0 N–H and O–H groups in total. The third-order valence-corrected chi connectivity index (χ3v) is 7.88. The number of aromatic nitrogens is 2. The summed E-state index contributed by atoms with van der Waals surface area (Å²) in [6.45, 7) is 11.4. The van der Waals surface area contributed by atoms with Gasteiger partial charge in [-0.05, 0) is 83.5 Å². The smallest absolute Gasteiger partial charge is 0.410 e. The lowest BCUT2D eigenvalue weighted by atomic mass is 10.1. The van der Waals surface area contributed by atoms with Gasteiger partial charge in [-0.2, -0.15) is 0 Å². The fourth-order valence-corrected chi connectivity index (χ4v) is 5.12. The first-order chi connectivity index (χ1) is 14.2. The standard InChI is InChI=1S/C22H30Br2N4O2/c1-5-14-6-8-26(12-14)20-25-18-10-16(23)17(24)11-19(18)28(20)15-7-9-27(13-15)21(29)30-22(2,3)4/h10-11,14-15H,5-9,12-13H2,1-4H3. The number of imidazole rings is 1. The number of hydrogen-bond donors (Lipinski definition) is 0. The van der Waals surface area contributed by atoms with Crippen LogP contribution in [-0.4, -0.2) is 52.3 Å². The molecule has 3 heterocycles. The molecule has 164 valence electrons. The van der Waals surface area contributed by atoms with Crippen molar-refractivity contribution in [3.63, 3.8) is 0 Å². The summed E-state index contributed by atoms with van der Waals surface area (Å²) < 4.78 is 9.97. The first kappa shape index (κ1) is 21.9. The van der Waals surface area contributed by atoms with E-state index in [4.69, 9.17) is 9.72 Å². The predicted octanol–water partition coefficient (Wildman–Crippen LogP) is 5.98. The Bertz CT molecular complexity index is 953. The van der Waals surface area contributed by atoms with Crippen molar-refractivity contribution in [1.82, 2.24) is 14.5 Å². The molecule has 8 heteroatoms. The van der Waals surface area contributed by atoms with Crippen LogP contribution in [0.15, 0.2) is 21.1 Å². The normalized spacial score (nSPS) is 22.3. The quantitative estimate of drug-likeness (QED) is 0.479. The van der Waals surface area contributed by atoms with Crippen molar-refractivity contribution >= 4 is 54.9 Å². The van der Waals surface area contributed by atoms with Crippen molar-refractivity contribution in [2.45, 2.75) is 58.6 Å². The van der Waals surface area contributed by atoms with Crippen LogP contribution in [0.4, 0.5) is 10.7 Å². The first-order valence-electron chi connectivity index (χ1n) is 10.8. The summed E-state index contributed by atoms with van der Waals surface area (Å²) in [5.74, 6) is 1.75. The zero-order chi connectivity index (χ0) is 21.6. The fraction of sp³-hybridized carbons (Fsp3) is 0.636. The molecule has 0 bridgehead atoms. The van der Waals surface area contributed by atoms with Gasteiger partial charge < -0.3 is 19.1 Å². The topological polar surface area (TPSA) is 50.6 Å². The van der Waals surface area contributed by atoms with E-state index in [0.29, 0.717) is 13.1 Å². The number of ether oxygens (including phenoxy) is 1. The second-order valence-corrected chi connectivity index (χ2v) is 11.1. The van der Waals surface area contributed by atoms with Crippen LogP contribution in [0.2, 0.25) is 0 Å². The number of anilines is 1. The molecular weight excluding hydrogens is 512 g/mol. The van der Waals surface area contributed by atoms with E-state index in [0.717, 1.165) is 51.4 Å². The van der Waals surface area contributed by atoms with E-state index in [2.05, 4.69) is 60.4 Å². The summed E-state index contributed by atoms with van der Waals surface area (Å²) >= 11 is 7.27. The zero-order valence-corrected chi connectivity index (χ0v) is 21.3. The highest BCUT2D eigenvalue weighted by Crippen LogP contribution is 2.37. The van der Waals surface area contributed by atoms with Crippen LogP contribution < -0.4 is 4.90 Å². The van der Waals surface area contributed by atoms with Crippen LogP contribution in [0.25, 0.3) is 11.0 Å². The number of rotatable bonds is 3. The van der Waals surface area contributed by atoms with Crippen LogP contribution >= 0.6 is 31.9 Å². The second kappa shape index (κ2) is 8.34. The molecule has 2 atom stereocenters. The molecule has 1 aromatic carbocycles. The molecule has 0 aliphatic carbocycles. The highest BCUT2D eigenvalue weighted by Gasteiger charge is 2.35. The fourth-order valence-electron chi connectivity index (χ4n) is 4.45. The molecular formula is C22H30Br2N4O2. The zero-order valence-electron chi connectivity index (χ0n) is 18.1. The van der Waals surface area contributed by atoms with Gasteiger partial charge in [0.2, 0.25) is 5.95 Å². The lowest BCUT2D eigenvalue weighted by Crippen LogP contribution is -2.35. The minimum absolute atomic E-state index is 0.186. The van der Waals surface area contributed by atoms with Gasteiger partial charge in [0.15, 0.2) is 0 Å². The van der Waals surface area contributed by atoms with E-state index >= 15 is 0 Å². The van der Waals surface area contributed by atoms with E-state index in [1.54, 1.807) is 0 Å². The monoisotopic (exact) mass is 540 g/mol. The van der Waals surface area contributed by atoms with Gasteiger partial charge in [0, 0.05) is 35.1 Å². The van der Waals surface area contributed by atoms with Crippen molar-refractivity contribution in [3.05, 3.63) is 21.1 Å². The Kier molecular flexibility index (Phi) is 6.10. The van der Waals surface area contributed by atoms with Gasteiger partial charge in [0.1, 0.15) is 5.60 Å². The number of amides is 1. The molecule has 6 nitrogen and oxygen atoms in total. The Morgan fingerprint density at radius 2 is 1.90 bits per heavy atom. The lowest BCUT2D eigenvalue weighted by Gasteiger charge is -2.26. The molecule has 0 saturated carbocycles. The van der Waals surface area contributed by atoms with E-state index in [-0.39, 0.29) is 12.1 Å². The van der Waals surface area contributed by atoms with Gasteiger partial charge in [0.25, 0.3) is 0 Å². The average molecular weight is 542 g/mol. The van der Waals surface area contributed by atoms with Gasteiger partial charge in [-0.25, -0.2) is 9.78 Å². The molecule has 4 rings (SSSR count). The van der Waals surface area contributed by atoms with Crippen LogP contribution in [-0.2, 0) is 4.74 Å². The Morgan fingerprint density at radius 1 is 1.17 bits per heavy atom. The molecule has 2 aliphatic heterocycles. The number of carbonyl (C=O) groups is 1. The van der Waals surface area contributed by atoms with Gasteiger partial charge in [0.05, 0.1) is 17.1 Å². The molecule has 2 aliphatic rings. The van der Waals surface area contributed by atoms with E-state index in [1.165, 1.54) is 12.8 Å². The van der Waals surface area contributed by atoms with Crippen LogP contribution in [0, 0.1) is 5.92 Å². The third kappa shape index (κ3) is 4.35. The summed E-state index contributed by atoms with van der Waals surface area (Å²) in [4.78, 5) is 21.9. The number of benzene rings is 1. The number of nitrogens with zero attached hydrogens (tertiary/aromatic N) is 4. The highest BCUT2D eigenvalue weighted by atomic mass is 79.9. The summed E-state index contributed by atoms with van der Waals surface area (Å²) in [6, 6.07) is 4.40. The minimum atomic E-state index is -0.482. The SMILES string of the molecule is CCC1CCN(c2nc3cc(Br)c(Br)cc3n2C2CCN(C(=O)OC(C)(C)C)C2)C1. The van der Waals surface area contributed by atoms with Crippen LogP contribution in [0.3, 0.4) is 0 Å². The molecule has 0 radical (unpaired) electrons. The molecule has 1 amide bonds. The second-order valence-electron chi connectivity index (χ2n) is 9.41. The molecule has 2 saturated heterocycles. The molecule has 0 spiro atoms. The van der Waals surface area contributed by atoms with Crippen molar-refractivity contribution in [1.29, 1.82) is 0 Å². The Labute approximate surface area is 195 Å². The predicted molar refractivity (Wildman–Crippen MR) is 127 cm³/mol. The maximum absolute atomic E-state index is 12.6. The van der Waals surface area contributed by atoms with Crippen molar-refractivity contribution in [2.75, 3.05) is 31.1 Å². The summed E-state index contributed by atoms with van der Waals surface area (Å²) in [5.41, 5.74) is 1.61. The number of fused-ring (bicyclic) bond motifs is 1. The largest absolute Gasteiger partial charge is 0.444 e. The summed E-state index contributed by atoms with van der Waals surface area (Å²) in [5, 5.41) is 0. The lowest BCUT2D eigenvalue weighted by molar-refractivity contribution is 0.0289. The molecule has 2 fully saturated rings. The average Bonchev–Trinajstić information content (AvgIpc) is 3.38. The molecule has 30 heavy (non-hydrogen) atoms. The number of hydrogen-bond acceptors (Lipinski definition) is 4. The first-order valence-corrected chi connectivity index (χ1v) is 12.3. The molecule has 2 aromatic rings. The summed E-state index contributed by atoms with van der Waals surface area (Å²) in [7, 11) is 0. The van der Waals surface area contributed by atoms with Crippen molar-refractivity contribution < 1.29 is 9.53 Å². The number of likely N-dealkylation sites (tertiary alicyclic amines) is 1. The molecule has 1 aromatic heterocycles. The maximum Gasteiger partial charge on any atom is 0.410 e. The Balaban J connectivity index is 1.68. The van der Waals surface area contributed by atoms with Crippen LogP contribution in [0.1, 0.15) is 53.0 Å². The van der Waals surface area contributed by atoms with Gasteiger partial charge in [-0.15, -0.1) is 0 Å². The Hall–Kier alpha value is -1.28. The van der Waals surface area contributed by atoms with Gasteiger partial charge >= 0.3 is 6.09 Å². The van der Waals surface area contributed by atoms with E-state index < -0.39 is 5.60 Å².